The lowest BCUT2D eigenvalue weighted by atomic mass is 10.00. The summed E-state index contributed by atoms with van der Waals surface area (Å²) in [5.41, 5.74) is 30.8. The van der Waals surface area contributed by atoms with Crippen LogP contribution < -0.4 is 36.5 Å². The molecule has 0 fully saturated rings. The van der Waals surface area contributed by atoms with Crippen LogP contribution in [0.5, 0.6) is 0 Å². The summed E-state index contributed by atoms with van der Waals surface area (Å²) in [6, 6.07) is 82.6. The highest BCUT2D eigenvalue weighted by Crippen LogP contribution is 2.31. The standard InChI is InChI=1S/C28H24N4.2C28H27N3.C18H19N3/c1-18-14-15-22-10-6-9-13-26(22)31(18)27-16-23(29-5)17-28(19(27)2)32-20(3)24-11-7-8-12-25(24)30-21(32)4;1-18-14-19(2)28(31-17-25-12-8-9-13-26(25)29-22(31)5)21(4)27(18)30-16-24-11-7-6-10-23(24)15-20(30)3;1-18-14-27(30-17-24-11-7-6-10-23(24)16-19(30)2)20(3)28(15-18)31-21(4)25-12-8-9-13-26(25)29-22(31)5;1-14-7-4-5-11-20(14)17-8-6-9-18(16(17)3)21-12-10-19-13-15(21)2/h6-17H,1-4H3;2*6-17H,1-5H3;4-13H,1-3H3/q4*+2. The molecule has 18 aromatic rings. The van der Waals surface area contributed by atoms with Crippen LogP contribution in [0.1, 0.15) is 96.3 Å². The van der Waals surface area contributed by atoms with Crippen molar-refractivity contribution in [3.8, 4) is 45.5 Å². The van der Waals surface area contributed by atoms with Crippen LogP contribution in [-0.4, -0.2) is 19.9 Å². The molecule has 0 aliphatic heterocycles. The molecule has 0 N–H and O–H groups in total. The van der Waals surface area contributed by atoms with Crippen molar-refractivity contribution in [3.05, 3.63) is 388 Å². The third-order valence-electron chi connectivity index (χ3n) is 22.5. The number of benzene rings is 10. The fourth-order valence-corrected chi connectivity index (χ4v) is 16.8. The minimum absolute atomic E-state index is 0.611. The number of nitrogens with zero attached hydrogens (tertiary/aromatic N) is 13. The Kier molecular flexibility index (Phi) is 21.4. The molecular weight excluding hydrogens is 1410 g/mol. The maximum atomic E-state index is 7.78. The maximum Gasteiger partial charge on any atom is 0.301 e. The van der Waals surface area contributed by atoms with E-state index in [4.69, 9.17) is 21.5 Å². The summed E-state index contributed by atoms with van der Waals surface area (Å²) in [6.07, 6.45) is 14.5. The van der Waals surface area contributed by atoms with Crippen molar-refractivity contribution < 1.29 is 36.5 Å². The van der Waals surface area contributed by atoms with Crippen LogP contribution >= 0.6 is 0 Å². The van der Waals surface area contributed by atoms with Gasteiger partial charge in [-0.05, 0) is 184 Å². The number of hydrogen-bond donors (Lipinski definition) is 0. The molecule has 13 nitrogen and oxygen atoms in total. The molecule has 0 radical (unpaired) electrons. The zero-order chi connectivity index (χ0) is 80.6. The van der Waals surface area contributed by atoms with Crippen molar-refractivity contribution in [1.29, 1.82) is 0 Å². The van der Waals surface area contributed by atoms with Gasteiger partial charge in [0.05, 0.1) is 57.4 Å². The molecule has 0 saturated heterocycles. The van der Waals surface area contributed by atoms with Crippen LogP contribution in [0.4, 0.5) is 5.69 Å². The van der Waals surface area contributed by atoms with E-state index in [1.54, 1.807) is 0 Å². The van der Waals surface area contributed by atoms with Crippen molar-refractivity contribution in [2.75, 3.05) is 0 Å². The van der Waals surface area contributed by atoms with Crippen LogP contribution in [0.25, 0.3) is 116 Å². The van der Waals surface area contributed by atoms with Crippen LogP contribution in [0.3, 0.4) is 0 Å². The summed E-state index contributed by atoms with van der Waals surface area (Å²) in [4.78, 5) is 22.6. The molecule has 0 aliphatic carbocycles. The molecule has 8 aromatic heterocycles. The minimum Gasteiger partial charge on any atom is -0.252 e. The minimum atomic E-state index is 0.611. The Labute approximate surface area is 674 Å². The number of fused-ring (bicyclic) bond motifs is 6. The zero-order valence-electron chi connectivity index (χ0n) is 68.9. The van der Waals surface area contributed by atoms with Gasteiger partial charge in [-0.2, -0.15) is 36.5 Å². The fourth-order valence-electron chi connectivity index (χ4n) is 16.8. The number of para-hydroxylation sites is 4. The first-order chi connectivity index (χ1) is 55.5. The monoisotopic (exact) mass is 1500 g/mol. The molecule has 0 atom stereocenters. The molecule has 0 spiro atoms. The van der Waals surface area contributed by atoms with Crippen LogP contribution in [0, 0.1) is 124 Å². The molecule has 115 heavy (non-hydrogen) atoms. The Hall–Kier alpha value is -13.8. The average Bonchev–Trinajstić information content (AvgIpc) is 0.756. The number of hydrogen-bond acceptors (Lipinski definition) is 4. The Morgan fingerprint density at radius 3 is 1.36 bits per heavy atom. The second-order valence-corrected chi connectivity index (χ2v) is 30.3. The quantitative estimate of drug-likeness (QED) is 0.112. The first kappa shape index (κ1) is 76.5. The smallest absolute Gasteiger partial charge is 0.252 e. The van der Waals surface area contributed by atoms with E-state index in [1.807, 2.05) is 68.0 Å². The number of rotatable bonds is 8. The van der Waals surface area contributed by atoms with Crippen LogP contribution in [-0.2, 0) is 0 Å². The number of aromatic nitrogens is 12. The second kappa shape index (κ2) is 32.1. The zero-order valence-corrected chi connectivity index (χ0v) is 68.9. The van der Waals surface area contributed by atoms with Gasteiger partial charge in [0.15, 0.2) is 69.8 Å². The summed E-state index contributed by atoms with van der Waals surface area (Å²) >= 11 is 0. The van der Waals surface area contributed by atoms with E-state index < -0.39 is 0 Å². The van der Waals surface area contributed by atoms with Crippen LogP contribution in [0.15, 0.2) is 280 Å². The Morgan fingerprint density at radius 1 is 0.296 bits per heavy atom. The molecule has 0 saturated carbocycles. The van der Waals surface area contributed by atoms with E-state index in [2.05, 4.69) is 376 Å². The Bertz CT molecular complexity index is 6800. The summed E-state index contributed by atoms with van der Waals surface area (Å²) in [5.74, 6) is 2.88. The van der Waals surface area contributed by atoms with E-state index in [0.717, 1.165) is 84.3 Å². The van der Waals surface area contributed by atoms with Crippen molar-refractivity contribution in [3.63, 3.8) is 0 Å². The van der Waals surface area contributed by atoms with Gasteiger partial charge >= 0.3 is 17.5 Å². The highest BCUT2D eigenvalue weighted by atomic mass is 15.1. The van der Waals surface area contributed by atoms with E-state index in [0.29, 0.717) is 5.69 Å². The molecule has 0 aliphatic rings. The Balaban J connectivity index is 0.000000122. The van der Waals surface area contributed by atoms with Gasteiger partial charge in [0.2, 0.25) is 39.6 Å². The molecule has 562 valence electrons. The maximum absolute atomic E-state index is 7.78. The SMILES string of the molecule is Cc1c(-[n+]2ccccc2C)cccc1-[n+]1ccncc1C.Cc1cc(-[n+]2cc3ccccc3cc2C)c(C)c(-[n+]2c(C)nc3ccccc3c2C)c1.Cc1cc(C)c(-[n+]2cc3ccccc3nc2C)c(C)c1-[n+]1cc2ccccc2cc1C.[C-]#[N+]c1cc(-[n+]2c(C)nc3ccccc3c2C)c(C)c(-[n+]2c(C)ccc3ccccc32)c1. The summed E-state index contributed by atoms with van der Waals surface area (Å²) in [7, 11) is 0. The average molecular weight is 1500 g/mol. The predicted octanol–water partition coefficient (Wildman–Crippen LogP) is 19.3. The highest BCUT2D eigenvalue weighted by molar-refractivity contribution is 5.84. The van der Waals surface area contributed by atoms with E-state index in [9.17, 15) is 0 Å². The first-order valence-electron chi connectivity index (χ1n) is 39.3. The van der Waals surface area contributed by atoms with Crippen molar-refractivity contribution >= 4 is 70.8 Å². The van der Waals surface area contributed by atoms with Crippen molar-refractivity contribution in [1.82, 2.24) is 19.9 Å². The molecule has 8 heterocycles. The van der Waals surface area contributed by atoms with Gasteiger partial charge in [-0.1, -0.05) is 91.0 Å². The van der Waals surface area contributed by atoms with Crippen LogP contribution in [0.2, 0.25) is 0 Å². The molecule has 0 unspecified atom stereocenters. The Morgan fingerprint density at radius 2 is 0.757 bits per heavy atom. The fraction of sp³-hybridized carbons (Fsp3) is 0.167. The molecule has 18 rings (SSSR count). The van der Waals surface area contributed by atoms with E-state index in [1.165, 1.54) is 123 Å². The lowest BCUT2D eigenvalue weighted by molar-refractivity contribution is -0.616. The summed E-state index contributed by atoms with van der Waals surface area (Å²) < 4.78 is 18.0. The van der Waals surface area contributed by atoms with Gasteiger partial charge < -0.3 is 0 Å². The highest BCUT2D eigenvalue weighted by Gasteiger charge is 2.31. The summed E-state index contributed by atoms with van der Waals surface area (Å²) in [6.45, 7) is 44.3. The summed E-state index contributed by atoms with van der Waals surface area (Å²) in [5, 5.41) is 9.62. The predicted molar refractivity (Wildman–Crippen MR) is 461 cm³/mol. The number of aryl methyl sites for hydroxylation is 13. The van der Waals surface area contributed by atoms with Gasteiger partial charge in [-0.3, -0.25) is 4.98 Å². The molecule has 10 aromatic carbocycles. The lowest BCUT2D eigenvalue weighted by Gasteiger charge is -2.14. The normalized spacial score (nSPS) is 11.2. The van der Waals surface area contributed by atoms with Gasteiger partial charge in [0.1, 0.15) is 34.6 Å². The molecule has 0 amide bonds. The van der Waals surface area contributed by atoms with E-state index in [-0.39, 0.29) is 0 Å². The number of pyridine rings is 4. The lowest BCUT2D eigenvalue weighted by Crippen LogP contribution is -2.42. The van der Waals surface area contributed by atoms with Gasteiger partial charge in [-0.25, -0.2) is 4.85 Å². The second-order valence-electron chi connectivity index (χ2n) is 30.3. The van der Waals surface area contributed by atoms with Crippen molar-refractivity contribution in [2.45, 2.75) is 118 Å². The van der Waals surface area contributed by atoms with E-state index >= 15 is 0 Å². The third kappa shape index (κ3) is 14.8. The van der Waals surface area contributed by atoms with Crippen molar-refractivity contribution in [2.24, 2.45) is 0 Å². The largest absolute Gasteiger partial charge is 0.301 e. The third-order valence-corrected chi connectivity index (χ3v) is 22.5. The molecule has 0 bridgehead atoms. The topological polar surface area (TPSA) is 87.0 Å². The molecule has 13 heteroatoms. The molecular formula is C102H97N13+8. The van der Waals surface area contributed by atoms with Gasteiger partial charge in [0.25, 0.3) is 0 Å². The van der Waals surface area contributed by atoms with Gasteiger partial charge in [-0.15, -0.1) is 0 Å². The first-order valence-corrected chi connectivity index (χ1v) is 39.3. The van der Waals surface area contributed by atoms with Gasteiger partial charge in [0, 0.05) is 138 Å².